The molecule has 28 heteroatoms. The van der Waals surface area contributed by atoms with Gasteiger partial charge in [0, 0.05) is 38.8 Å². The predicted octanol–water partition coefficient (Wildman–Crippen LogP) is -2.52. The number of carbonyl (C=O) groups is 12. The van der Waals surface area contributed by atoms with Crippen molar-refractivity contribution in [1.82, 2.24) is 53.2 Å². The SMILES string of the molecule is CC[C@@H](C)[C@@H](NC(=O)[C@@H](CCC(N)=O)NC[C@H](CO)NC(=O)[C@@H](NC(=O)[C@@H](C)NC(C)=O)[C@@H](C)CC)C(=O)N[C@H](C(=O)N[C@@H](CO)C(=O)N[C@H]1C(=O)C[C@@H](C)C(=O)N[C@@H](CCCN=C(C)N)C(=O)N[C@@H]([C@@H](C)CC)C(=O)O[C@H]1C)[C@@H](C)CC. The van der Waals surface area contributed by atoms with Crippen LogP contribution in [-0.4, -0.2) is 180 Å². The molecule has 0 aromatic heterocycles. The Bertz CT molecular complexity index is 2250. The number of nitrogens with one attached hydrogen (secondary N) is 10. The first-order valence-corrected chi connectivity index (χ1v) is 28.8. The zero-order valence-electron chi connectivity index (χ0n) is 50.7. The van der Waals surface area contributed by atoms with Gasteiger partial charge in [0.1, 0.15) is 54.4 Å². The normalized spacial score (nSPS) is 22.1. The molecule has 472 valence electrons. The van der Waals surface area contributed by atoms with Crippen LogP contribution in [-0.2, 0) is 62.3 Å². The number of ketones is 1. The van der Waals surface area contributed by atoms with Crippen molar-refractivity contribution in [3.8, 4) is 0 Å². The van der Waals surface area contributed by atoms with E-state index in [0.29, 0.717) is 37.9 Å². The third-order valence-electron chi connectivity index (χ3n) is 15.0. The number of Topliss-reactive ketones (excluding diaryl/α,β-unsaturated/α-hetero) is 1. The van der Waals surface area contributed by atoms with Crippen LogP contribution in [0.25, 0.3) is 0 Å². The van der Waals surface area contributed by atoms with E-state index in [-0.39, 0.29) is 32.4 Å². The van der Waals surface area contributed by atoms with E-state index >= 15 is 0 Å². The first kappa shape index (κ1) is 74.2. The van der Waals surface area contributed by atoms with Crippen LogP contribution in [0.1, 0.15) is 148 Å². The van der Waals surface area contributed by atoms with Gasteiger partial charge in [-0.2, -0.15) is 0 Å². The lowest BCUT2D eigenvalue weighted by atomic mass is 9.94. The number of ether oxygens (including phenoxy) is 1. The van der Waals surface area contributed by atoms with Gasteiger partial charge in [0.25, 0.3) is 0 Å². The third-order valence-corrected chi connectivity index (χ3v) is 15.0. The van der Waals surface area contributed by atoms with Crippen LogP contribution in [0.3, 0.4) is 0 Å². The predicted molar refractivity (Wildman–Crippen MR) is 307 cm³/mol. The molecule has 0 aliphatic carbocycles. The first-order chi connectivity index (χ1) is 38.9. The average molecular weight is 1180 g/mol. The number of aliphatic hydroxyl groups is 2. The van der Waals surface area contributed by atoms with Crippen LogP contribution in [0.5, 0.6) is 0 Å². The second-order valence-electron chi connectivity index (χ2n) is 21.9. The van der Waals surface area contributed by atoms with E-state index in [2.05, 4.69) is 58.2 Å². The largest absolute Gasteiger partial charge is 0.458 e. The lowest BCUT2D eigenvalue weighted by Crippen LogP contribution is -2.62. The summed E-state index contributed by atoms with van der Waals surface area (Å²) < 4.78 is 5.76. The molecular weight excluding hydrogens is 1080 g/mol. The smallest absolute Gasteiger partial charge is 0.329 e. The molecule has 1 fully saturated rings. The number of primary amides is 1. The maximum absolute atomic E-state index is 14.3. The van der Waals surface area contributed by atoms with Gasteiger partial charge in [-0.3, -0.25) is 57.7 Å². The van der Waals surface area contributed by atoms with E-state index in [9.17, 15) is 67.7 Å². The summed E-state index contributed by atoms with van der Waals surface area (Å²) in [7, 11) is 0. The molecule has 83 heavy (non-hydrogen) atoms. The zero-order valence-corrected chi connectivity index (χ0v) is 50.7. The number of cyclic esters (lactones) is 1. The summed E-state index contributed by atoms with van der Waals surface area (Å²) in [6, 6.07) is -12.8. The fourth-order valence-corrected chi connectivity index (χ4v) is 8.67. The minimum absolute atomic E-state index is 0.114. The van der Waals surface area contributed by atoms with Crippen molar-refractivity contribution >= 4 is 76.7 Å². The molecule has 0 unspecified atom stereocenters. The molecule has 10 amide bonds. The number of hydrogen-bond donors (Lipinski definition) is 14. The molecular formula is C55H97N13O15. The van der Waals surface area contributed by atoms with E-state index in [4.69, 9.17) is 16.2 Å². The molecule has 0 aromatic carbocycles. The van der Waals surface area contributed by atoms with E-state index < -0.39 is 187 Å². The summed E-state index contributed by atoms with van der Waals surface area (Å²) in [5, 5.41) is 47.2. The minimum Gasteiger partial charge on any atom is -0.458 e. The standard InChI is InChI=1S/C55H97N13O15/c1-14-27(5)42(64-48(75)32(10)60-35(13)71)52(79)61-36(25-69)24-59-37(20-21-41(57)73)49(76)65-44(29(7)16-3)54(81)66-43(28(6)15-2)53(80)63-39(26-70)51(78)68-46-33(11)83-55(82)45(30(8)17-4)67-50(77)38(19-18-22-58-34(12)56)62-47(74)31(9)23-40(46)72/h27-33,36-39,42-46,59,69-70H,14-26H2,1-13H3,(H2,56,58)(H2,57,73)(H,60,71)(H,61,79)(H,62,74)(H,63,80)(H,64,75)(H,65,76)(H,66,81)(H,67,77)(H,68,78)/t27-,28-,29+,30-,31+,32+,33-,36+,37+,38-,39-,42-,43-,44+,45-,46+/m0/s1. The number of aliphatic imine (C=N–C) groups is 1. The van der Waals surface area contributed by atoms with Gasteiger partial charge in [-0.25, -0.2) is 4.79 Å². The van der Waals surface area contributed by atoms with Crippen LogP contribution in [0, 0.1) is 29.6 Å². The molecule has 1 aliphatic rings. The van der Waals surface area contributed by atoms with Gasteiger partial charge in [-0.05, 0) is 63.7 Å². The van der Waals surface area contributed by atoms with Crippen molar-refractivity contribution in [3.63, 3.8) is 0 Å². The summed E-state index contributed by atoms with van der Waals surface area (Å²) in [6.07, 6.45) is -0.464. The Labute approximate surface area is 487 Å². The lowest BCUT2D eigenvalue weighted by Gasteiger charge is -2.31. The zero-order chi connectivity index (χ0) is 63.4. The number of hydrogen-bond acceptors (Lipinski definition) is 17. The number of aliphatic hydroxyl groups excluding tert-OH is 2. The van der Waals surface area contributed by atoms with Crippen molar-refractivity contribution < 1.29 is 72.5 Å². The highest BCUT2D eigenvalue weighted by atomic mass is 16.5. The van der Waals surface area contributed by atoms with Crippen molar-refractivity contribution in [2.45, 2.75) is 214 Å². The van der Waals surface area contributed by atoms with Crippen LogP contribution in [0.15, 0.2) is 4.99 Å². The maximum Gasteiger partial charge on any atom is 0.329 e. The van der Waals surface area contributed by atoms with E-state index in [1.165, 1.54) is 27.7 Å². The minimum atomic E-state index is -1.76. The summed E-state index contributed by atoms with van der Waals surface area (Å²) in [6.45, 7) is 19.2. The Hall–Kier alpha value is -6.81. The summed E-state index contributed by atoms with van der Waals surface area (Å²) in [4.78, 5) is 166. The molecule has 1 aliphatic heterocycles. The lowest BCUT2D eigenvalue weighted by molar-refractivity contribution is -0.157. The quantitative estimate of drug-likeness (QED) is 0.0140. The Morgan fingerprint density at radius 3 is 1.69 bits per heavy atom. The molecule has 1 saturated heterocycles. The van der Waals surface area contributed by atoms with Gasteiger partial charge in [-0.1, -0.05) is 88.0 Å². The van der Waals surface area contributed by atoms with E-state index in [0.717, 1.165) is 0 Å². The molecule has 0 spiro atoms. The number of carbonyl (C=O) groups excluding carboxylic acids is 12. The van der Waals surface area contributed by atoms with Gasteiger partial charge in [0.15, 0.2) is 5.78 Å². The van der Waals surface area contributed by atoms with Gasteiger partial charge < -0.3 is 79.6 Å². The van der Waals surface area contributed by atoms with Gasteiger partial charge in [0.2, 0.25) is 59.1 Å². The van der Waals surface area contributed by atoms with Crippen LogP contribution >= 0.6 is 0 Å². The third kappa shape index (κ3) is 25.3. The summed E-state index contributed by atoms with van der Waals surface area (Å²) >= 11 is 0. The number of rotatable bonds is 33. The summed E-state index contributed by atoms with van der Waals surface area (Å²) in [5.41, 5.74) is 11.1. The fourth-order valence-electron chi connectivity index (χ4n) is 8.67. The van der Waals surface area contributed by atoms with E-state index in [1.807, 2.05) is 0 Å². The van der Waals surface area contributed by atoms with E-state index in [1.54, 1.807) is 62.3 Å². The molecule has 1 rings (SSSR count). The molecule has 0 saturated carbocycles. The Morgan fingerprint density at radius 2 is 1.19 bits per heavy atom. The Balaban J connectivity index is 3.48. The Kier molecular flexibility index (Phi) is 33.4. The maximum atomic E-state index is 14.3. The fraction of sp³-hybridized carbons (Fsp3) is 0.764. The number of nitrogens with zero attached hydrogens (tertiary/aromatic N) is 1. The molecule has 16 N–H and O–H groups in total. The number of amidine groups is 1. The molecule has 0 bridgehead atoms. The van der Waals surface area contributed by atoms with Gasteiger partial charge in [0.05, 0.1) is 31.1 Å². The molecule has 16 atom stereocenters. The second kappa shape index (κ2) is 37.4. The number of nitrogens with two attached hydrogens (primary N) is 2. The van der Waals surface area contributed by atoms with Gasteiger partial charge >= 0.3 is 5.97 Å². The van der Waals surface area contributed by atoms with Crippen LogP contribution < -0.4 is 64.6 Å². The molecule has 28 nitrogen and oxygen atoms in total. The highest BCUT2D eigenvalue weighted by Crippen LogP contribution is 2.18. The number of amides is 10. The van der Waals surface area contributed by atoms with Crippen molar-refractivity contribution in [3.05, 3.63) is 0 Å². The number of esters is 1. The monoisotopic (exact) mass is 1180 g/mol. The highest BCUT2D eigenvalue weighted by molar-refractivity contribution is 5.99. The molecule has 1 heterocycles. The molecule has 0 radical (unpaired) electrons. The summed E-state index contributed by atoms with van der Waals surface area (Å²) in [5.74, 6) is -12.0. The first-order valence-electron chi connectivity index (χ1n) is 28.8. The van der Waals surface area contributed by atoms with Crippen molar-refractivity contribution in [1.29, 1.82) is 0 Å². The molecule has 0 aromatic rings. The second-order valence-corrected chi connectivity index (χ2v) is 21.9. The topological polar surface area (TPSA) is 439 Å². The Morgan fingerprint density at radius 1 is 0.663 bits per heavy atom. The van der Waals surface area contributed by atoms with Crippen LogP contribution in [0.4, 0.5) is 0 Å². The van der Waals surface area contributed by atoms with Crippen molar-refractivity contribution in [2.75, 3.05) is 26.3 Å². The average Bonchev–Trinajstić information content (AvgIpc) is 3.57. The van der Waals surface area contributed by atoms with Gasteiger partial charge in [-0.15, -0.1) is 0 Å². The van der Waals surface area contributed by atoms with Crippen molar-refractivity contribution in [2.24, 2.45) is 46.0 Å². The highest BCUT2D eigenvalue weighted by Gasteiger charge is 2.40. The van der Waals surface area contributed by atoms with Crippen LogP contribution in [0.2, 0.25) is 0 Å².